The van der Waals surface area contributed by atoms with Gasteiger partial charge in [-0.15, -0.1) is 0 Å². The number of carbonyl (C=O) groups excluding carboxylic acids is 2. The van der Waals surface area contributed by atoms with Crippen LogP contribution < -0.4 is 0 Å². The minimum atomic E-state index is -1.71. The maximum Gasteiger partial charge on any atom is 0.352 e. The second-order valence-corrected chi connectivity index (χ2v) is 3.53. The average Bonchev–Trinajstić information content (AvgIpc) is 2.19. The minimum absolute atomic E-state index is 0.0823. The topological polar surface area (TPSA) is 89.9 Å². The van der Waals surface area contributed by atoms with Crippen LogP contribution in [0.15, 0.2) is 24.0 Å². The van der Waals surface area contributed by atoms with Crippen molar-refractivity contribution in [2.45, 2.75) is 25.9 Å². The third kappa shape index (κ3) is 3.17. The van der Waals surface area contributed by atoms with Crippen LogP contribution >= 0.6 is 0 Å². The molecule has 17 heavy (non-hydrogen) atoms. The molecule has 0 bridgehead atoms. The molecule has 0 heterocycles. The highest BCUT2D eigenvalue weighted by Crippen LogP contribution is 2.26. The molecule has 1 rings (SSSR count). The van der Waals surface area contributed by atoms with Crippen molar-refractivity contribution in [1.29, 1.82) is 0 Å². The summed E-state index contributed by atoms with van der Waals surface area (Å²) in [5.41, 5.74) is -1.71. The van der Waals surface area contributed by atoms with Gasteiger partial charge in [-0.2, -0.15) is 0 Å². The summed E-state index contributed by atoms with van der Waals surface area (Å²) in [6.07, 6.45) is 3.79. The van der Waals surface area contributed by atoms with Gasteiger partial charge in [0.15, 0.2) is 0 Å². The van der Waals surface area contributed by atoms with Gasteiger partial charge in [0.05, 0.1) is 0 Å². The van der Waals surface area contributed by atoms with E-state index in [1.165, 1.54) is 25.2 Å². The molecular formula is C11H12O6. The van der Waals surface area contributed by atoms with Crippen molar-refractivity contribution >= 4 is 17.9 Å². The molecule has 0 saturated heterocycles. The normalized spacial score (nSPS) is 22.6. The lowest BCUT2D eigenvalue weighted by Gasteiger charge is -2.26. The molecule has 1 unspecified atom stereocenters. The Balaban J connectivity index is 2.85. The van der Waals surface area contributed by atoms with E-state index in [1.54, 1.807) is 0 Å². The van der Waals surface area contributed by atoms with E-state index in [0.29, 0.717) is 0 Å². The first kappa shape index (κ1) is 13.0. The Morgan fingerprint density at radius 3 is 2.29 bits per heavy atom. The van der Waals surface area contributed by atoms with Crippen LogP contribution in [0, 0.1) is 0 Å². The lowest BCUT2D eigenvalue weighted by Crippen LogP contribution is -2.41. The fourth-order valence-electron chi connectivity index (χ4n) is 1.38. The van der Waals surface area contributed by atoms with Crippen molar-refractivity contribution in [3.8, 4) is 0 Å². The quantitative estimate of drug-likeness (QED) is 0.733. The molecule has 0 spiro atoms. The molecule has 6 nitrogen and oxygen atoms in total. The van der Waals surface area contributed by atoms with Crippen LogP contribution in [0.4, 0.5) is 0 Å². The van der Waals surface area contributed by atoms with Crippen molar-refractivity contribution in [3.63, 3.8) is 0 Å². The van der Waals surface area contributed by atoms with Crippen LogP contribution in [0.25, 0.3) is 0 Å². The second kappa shape index (κ2) is 4.82. The molecule has 1 aliphatic carbocycles. The summed E-state index contributed by atoms with van der Waals surface area (Å²) >= 11 is 0. The zero-order valence-corrected chi connectivity index (χ0v) is 9.43. The van der Waals surface area contributed by atoms with Crippen LogP contribution in [0.2, 0.25) is 0 Å². The van der Waals surface area contributed by atoms with Gasteiger partial charge in [0.2, 0.25) is 5.60 Å². The Bertz CT molecular complexity index is 420. The SMILES string of the molecule is CC(=O)OC1=CCC(OC(C)=O)(C(=O)O)C=C1. The summed E-state index contributed by atoms with van der Waals surface area (Å²) in [5, 5.41) is 9.04. The van der Waals surface area contributed by atoms with Gasteiger partial charge >= 0.3 is 17.9 Å². The van der Waals surface area contributed by atoms with E-state index in [0.717, 1.165) is 6.92 Å². The number of esters is 2. The van der Waals surface area contributed by atoms with Crippen LogP contribution in [-0.4, -0.2) is 28.6 Å². The standard InChI is InChI=1S/C11H12O6/c1-7(12)16-9-3-5-11(6-4-9,10(14)15)17-8(2)13/h3-5H,6H2,1-2H3,(H,14,15). The van der Waals surface area contributed by atoms with Crippen LogP contribution in [-0.2, 0) is 23.9 Å². The maximum absolute atomic E-state index is 11.1. The zero-order chi connectivity index (χ0) is 13.1. The Morgan fingerprint density at radius 2 is 1.94 bits per heavy atom. The van der Waals surface area contributed by atoms with Gasteiger partial charge in [0.25, 0.3) is 0 Å². The Hall–Kier alpha value is -2.11. The molecule has 0 aromatic rings. The van der Waals surface area contributed by atoms with E-state index in [9.17, 15) is 14.4 Å². The van der Waals surface area contributed by atoms with Gasteiger partial charge in [0.1, 0.15) is 5.76 Å². The first-order valence-corrected chi connectivity index (χ1v) is 4.86. The molecule has 0 radical (unpaired) electrons. The molecule has 0 fully saturated rings. The van der Waals surface area contributed by atoms with E-state index in [-0.39, 0.29) is 12.2 Å². The van der Waals surface area contributed by atoms with Gasteiger partial charge < -0.3 is 14.6 Å². The highest BCUT2D eigenvalue weighted by molar-refractivity contribution is 5.84. The highest BCUT2D eigenvalue weighted by Gasteiger charge is 2.40. The first-order valence-electron chi connectivity index (χ1n) is 4.86. The molecule has 6 heteroatoms. The van der Waals surface area contributed by atoms with Gasteiger partial charge in [-0.25, -0.2) is 4.79 Å². The van der Waals surface area contributed by atoms with Crippen molar-refractivity contribution in [2.75, 3.05) is 0 Å². The molecule has 92 valence electrons. The molecule has 0 aromatic heterocycles. The van der Waals surface area contributed by atoms with Crippen molar-refractivity contribution in [2.24, 2.45) is 0 Å². The molecular weight excluding hydrogens is 228 g/mol. The van der Waals surface area contributed by atoms with Crippen molar-refractivity contribution in [1.82, 2.24) is 0 Å². The van der Waals surface area contributed by atoms with Crippen molar-refractivity contribution < 1.29 is 29.0 Å². The molecule has 0 aromatic carbocycles. The van der Waals surface area contributed by atoms with Gasteiger partial charge in [-0.05, 0) is 18.2 Å². The van der Waals surface area contributed by atoms with E-state index in [2.05, 4.69) is 0 Å². The second-order valence-electron chi connectivity index (χ2n) is 3.53. The van der Waals surface area contributed by atoms with E-state index in [4.69, 9.17) is 14.6 Å². The lowest BCUT2D eigenvalue weighted by molar-refractivity contribution is -0.171. The Morgan fingerprint density at radius 1 is 1.29 bits per heavy atom. The monoisotopic (exact) mass is 240 g/mol. The highest BCUT2D eigenvalue weighted by atomic mass is 16.6. The maximum atomic E-state index is 11.1. The van der Waals surface area contributed by atoms with Crippen molar-refractivity contribution in [3.05, 3.63) is 24.0 Å². The summed E-state index contributed by atoms with van der Waals surface area (Å²) in [4.78, 5) is 32.6. The number of aliphatic carboxylic acids is 1. The molecule has 0 aliphatic heterocycles. The zero-order valence-electron chi connectivity index (χ0n) is 9.43. The Kier molecular flexibility index (Phi) is 3.67. The molecule has 0 saturated carbocycles. The third-order valence-electron chi connectivity index (χ3n) is 2.07. The van der Waals surface area contributed by atoms with Crippen LogP contribution in [0.5, 0.6) is 0 Å². The molecule has 1 N–H and O–H groups in total. The number of hydrogen-bond donors (Lipinski definition) is 1. The largest absolute Gasteiger partial charge is 0.478 e. The first-order chi connectivity index (χ1) is 7.85. The van der Waals surface area contributed by atoms with E-state index < -0.39 is 23.5 Å². The summed E-state index contributed by atoms with van der Waals surface area (Å²) in [6, 6.07) is 0. The van der Waals surface area contributed by atoms with Crippen LogP contribution in [0.3, 0.4) is 0 Å². The predicted molar refractivity (Wildman–Crippen MR) is 55.7 cm³/mol. The third-order valence-corrected chi connectivity index (χ3v) is 2.07. The number of allylic oxidation sites excluding steroid dienone is 1. The number of rotatable bonds is 3. The number of carboxylic acids is 1. The fraction of sp³-hybridized carbons (Fsp3) is 0.364. The van der Waals surface area contributed by atoms with Gasteiger partial charge in [-0.3, -0.25) is 9.59 Å². The van der Waals surface area contributed by atoms with E-state index >= 15 is 0 Å². The number of carboxylic acid groups (broad SMARTS) is 1. The predicted octanol–water partition coefficient (Wildman–Crippen LogP) is 0.780. The average molecular weight is 240 g/mol. The fourth-order valence-corrected chi connectivity index (χ4v) is 1.38. The minimum Gasteiger partial charge on any atom is -0.478 e. The summed E-state index contributed by atoms with van der Waals surface area (Å²) in [5.74, 6) is -2.24. The molecule has 1 atom stereocenters. The van der Waals surface area contributed by atoms with E-state index in [1.807, 2.05) is 0 Å². The smallest absolute Gasteiger partial charge is 0.352 e. The van der Waals surface area contributed by atoms with Crippen LogP contribution in [0.1, 0.15) is 20.3 Å². The van der Waals surface area contributed by atoms with Gasteiger partial charge in [-0.1, -0.05) is 0 Å². The number of ether oxygens (including phenoxy) is 2. The number of carbonyl (C=O) groups is 3. The summed E-state index contributed by atoms with van der Waals surface area (Å²) in [6.45, 7) is 2.36. The summed E-state index contributed by atoms with van der Waals surface area (Å²) < 4.78 is 9.55. The van der Waals surface area contributed by atoms with Gasteiger partial charge in [0, 0.05) is 20.3 Å². The molecule has 1 aliphatic rings. The number of hydrogen-bond acceptors (Lipinski definition) is 5. The summed E-state index contributed by atoms with van der Waals surface area (Å²) in [7, 11) is 0. The molecule has 0 amide bonds. The Labute approximate surface area is 97.5 Å². The lowest BCUT2D eigenvalue weighted by atomic mass is 9.94.